The third kappa shape index (κ3) is 1.52. The normalized spacial score (nSPS) is 45.8. The number of rotatable bonds is 1. The van der Waals surface area contributed by atoms with Crippen LogP contribution in [0.3, 0.4) is 0 Å². The number of ether oxygens (including phenoxy) is 1. The summed E-state index contributed by atoms with van der Waals surface area (Å²) in [6, 6.07) is 0. The fraction of sp³-hybridized carbons (Fsp3) is 1.00. The van der Waals surface area contributed by atoms with E-state index in [0.29, 0.717) is 13.0 Å². The van der Waals surface area contributed by atoms with Crippen molar-refractivity contribution < 1.29 is 20.1 Å². The van der Waals surface area contributed by atoms with E-state index in [1.54, 1.807) is 0 Å². The van der Waals surface area contributed by atoms with Gasteiger partial charge in [0.2, 0.25) is 0 Å². The Kier molecular flexibility index (Phi) is 2.46. The van der Waals surface area contributed by atoms with Gasteiger partial charge in [-0.1, -0.05) is 0 Å². The summed E-state index contributed by atoms with van der Waals surface area (Å²) in [5.74, 6) is 0. The van der Waals surface area contributed by atoms with Crippen molar-refractivity contribution in [3.05, 3.63) is 0 Å². The van der Waals surface area contributed by atoms with Crippen LogP contribution in [0.1, 0.15) is 6.42 Å². The molecule has 5 N–H and O–H groups in total. The SMILES string of the molecule is N[C@]1(O)[C@H](O)CCO[C@@H]1CO. The molecule has 1 heterocycles. The van der Waals surface area contributed by atoms with Crippen molar-refractivity contribution >= 4 is 0 Å². The summed E-state index contributed by atoms with van der Waals surface area (Å²) in [5, 5.41) is 27.2. The Morgan fingerprint density at radius 2 is 2.27 bits per heavy atom. The summed E-state index contributed by atoms with van der Waals surface area (Å²) in [7, 11) is 0. The molecule has 11 heavy (non-hydrogen) atoms. The van der Waals surface area contributed by atoms with Crippen LogP contribution in [-0.4, -0.2) is 46.5 Å². The second-order valence-electron chi connectivity index (χ2n) is 2.73. The number of aliphatic hydroxyl groups is 3. The largest absolute Gasteiger partial charge is 0.393 e. The van der Waals surface area contributed by atoms with E-state index in [0.717, 1.165) is 0 Å². The average Bonchev–Trinajstić information content (AvgIpc) is 1.95. The molecule has 0 unspecified atom stereocenters. The first-order valence-corrected chi connectivity index (χ1v) is 3.50. The Hall–Kier alpha value is -0.200. The second kappa shape index (κ2) is 3.04. The summed E-state index contributed by atoms with van der Waals surface area (Å²) in [4.78, 5) is 0. The first kappa shape index (κ1) is 8.89. The third-order valence-corrected chi connectivity index (χ3v) is 1.93. The molecule has 0 amide bonds. The summed E-state index contributed by atoms with van der Waals surface area (Å²) in [6.07, 6.45) is -1.61. The number of hydrogen-bond donors (Lipinski definition) is 4. The van der Waals surface area contributed by atoms with E-state index < -0.39 is 17.9 Å². The van der Waals surface area contributed by atoms with Gasteiger partial charge in [-0.15, -0.1) is 0 Å². The summed E-state index contributed by atoms with van der Waals surface area (Å²) in [5.41, 5.74) is 3.48. The predicted octanol–water partition coefficient (Wildman–Crippen LogP) is -2.22. The lowest BCUT2D eigenvalue weighted by Gasteiger charge is -2.39. The number of aliphatic hydroxyl groups excluding tert-OH is 2. The van der Waals surface area contributed by atoms with Crippen LogP contribution in [0.15, 0.2) is 0 Å². The van der Waals surface area contributed by atoms with Gasteiger partial charge in [0, 0.05) is 13.0 Å². The van der Waals surface area contributed by atoms with Gasteiger partial charge in [0.1, 0.15) is 12.2 Å². The van der Waals surface area contributed by atoms with Crippen molar-refractivity contribution in [2.24, 2.45) is 5.73 Å². The van der Waals surface area contributed by atoms with E-state index in [-0.39, 0.29) is 6.61 Å². The molecule has 0 aromatic heterocycles. The number of nitrogens with two attached hydrogens (primary N) is 1. The molecule has 3 atom stereocenters. The first-order valence-electron chi connectivity index (χ1n) is 3.50. The Morgan fingerprint density at radius 3 is 2.73 bits per heavy atom. The molecule has 0 aromatic rings. The van der Waals surface area contributed by atoms with Crippen molar-refractivity contribution in [1.82, 2.24) is 0 Å². The fourth-order valence-corrected chi connectivity index (χ4v) is 1.10. The van der Waals surface area contributed by atoms with Crippen molar-refractivity contribution in [2.45, 2.75) is 24.4 Å². The highest BCUT2D eigenvalue weighted by Gasteiger charge is 2.43. The predicted molar refractivity (Wildman–Crippen MR) is 36.6 cm³/mol. The van der Waals surface area contributed by atoms with Crippen molar-refractivity contribution in [1.29, 1.82) is 0 Å². The monoisotopic (exact) mass is 163 g/mol. The van der Waals surface area contributed by atoms with Gasteiger partial charge in [-0.2, -0.15) is 0 Å². The molecular weight excluding hydrogens is 150 g/mol. The van der Waals surface area contributed by atoms with Gasteiger partial charge in [0.05, 0.1) is 6.61 Å². The van der Waals surface area contributed by atoms with Gasteiger partial charge >= 0.3 is 0 Å². The molecule has 0 radical (unpaired) electrons. The average molecular weight is 163 g/mol. The minimum absolute atomic E-state index is 0.295. The zero-order valence-corrected chi connectivity index (χ0v) is 6.10. The Bertz CT molecular complexity index is 139. The molecule has 0 spiro atoms. The molecule has 66 valence electrons. The van der Waals surface area contributed by atoms with Crippen LogP contribution >= 0.6 is 0 Å². The summed E-state index contributed by atoms with van der Waals surface area (Å²) >= 11 is 0. The van der Waals surface area contributed by atoms with Gasteiger partial charge in [0.15, 0.2) is 5.72 Å². The van der Waals surface area contributed by atoms with Crippen molar-refractivity contribution in [2.75, 3.05) is 13.2 Å². The zero-order chi connectivity index (χ0) is 8.48. The van der Waals surface area contributed by atoms with E-state index in [2.05, 4.69) is 0 Å². The van der Waals surface area contributed by atoms with Crippen LogP contribution in [0.2, 0.25) is 0 Å². The first-order chi connectivity index (χ1) is 5.09. The molecule has 0 bridgehead atoms. The Labute approximate surface area is 64.4 Å². The summed E-state index contributed by atoms with van der Waals surface area (Å²) < 4.78 is 4.93. The van der Waals surface area contributed by atoms with Crippen LogP contribution in [-0.2, 0) is 4.74 Å². The lowest BCUT2D eigenvalue weighted by molar-refractivity contribution is -0.209. The van der Waals surface area contributed by atoms with Crippen LogP contribution < -0.4 is 5.73 Å². The maximum absolute atomic E-state index is 9.35. The smallest absolute Gasteiger partial charge is 0.168 e. The molecule has 1 rings (SSSR count). The highest BCUT2D eigenvalue weighted by atomic mass is 16.5. The molecule has 5 nitrogen and oxygen atoms in total. The van der Waals surface area contributed by atoms with Gasteiger partial charge in [-0.25, -0.2) is 0 Å². The molecule has 1 saturated heterocycles. The van der Waals surface area contributed by atoms with E-state index >= 15 is 0 Å². The van der Waals surface area contributed by atoms with Crippen molar-refractivity contribution in [3.8, 4) is 0 Å². The van der Waals surface area contributed by atoms with Gasteiger partial charge in [0.25, 0.3) is 0 Å². The third-order valence-electron chi connectivity index (χ3n) is 1.93. The molecule has 0 saturated carbocycles. The van der Waals surface area contributed by atoms with Crippen LogP contribution in [0, 0.1) is 0 Å². The molecule has 1 aliphatic rings. The quantitative estimate of drug-likeness (QED) is 0.328. The topological polar surface area (TPSA) is 95.9 Å². The highest BCUT2D eigenvalue weighted by Crippen LogP contribution is 2.20. The van der Waals surface area contributed by atoms with E-state index in [1.807, 2.05) is 0 Å². The van der Waals surface area contributed by atoms with Gasteiger partial charge in [-0.3, -0.25) is 5.73 Å². The summed E-state index contributed by atoms with van der Waals surface area (Å²) in [6.45, 7) is -0.0734. The van der Waals surface area contributed by atoms with E-state index in [9.17, 15) is 10.2 Å². The Balaban J connectivity index is 2.64. The zero-order valence-electron chi connectivity index (χ0n) is 6.10. The van der Waals surface area contributed by atoms with Gasteiger partial charge < -0.3 is 20.1 Å². The molecule has 5 heteroatoms. The lowest BCUT2D eigenvalue weighted by Crippen LogP contribution is -2.64. The van der Waals surface area contributed by atoms with E-state index in [1.165, 1.54) is 0 Å². The molecular formula is C6H13NO4. The maximum Gasteiger partial charge on any atom is 0.168 e. The lowest BCUT2D eigenvalue weighted by atomic mass is 9.96. The van der Waals surface area contributed by atoms with Crippen molar-refractivity contribution in [3.63, 3.8) is 0 Å². The number of hydrogen-bond acceptors (Lipinski definition) is 5. The fourth-order valence-electron chi connectivity index (χ4n) is 1.10. The molecule has 1 fully saturated rings. The second-order valence-corrected chi connectivity index (χ2v) is 2.73. The van der Waals surface area contributed by atoms with Gasteiger partial charge in [-0.05, 0) is 0 Å². The van der Waals surface area contributed by atoms with E-state index in [4.69, 9.17) is 15.6 Å². The minimum atomic E-state index is -1.81. The Morgan fingerprint density at radius 1 is 1.64 bits per heavy atom. The van der Waals surface area contributed by atoms with Crippen LogP contribution in [0.5, 0.6) is 0 Å². The molecule has 0 aliphatic carbocycles. The molecule has 1 aliphatic heterocycles. The standard InChI is InChI=1S/C6H13NO4/c7-6(10)4(9)1-2-11-5(6)3-8/h4-5,8-10H,1-3,7H2/t4-,5-,6+/m1/s1. The van der Waals surface area contributed by atoms with Crippen LogP contribution in [0.25, 0.3) is 0 Å². The highest BCUT2D eigenvalue weighted by molar-refractivity contribution is 4.91. The minimum Gasteiger partial charge on any atom is -0.393 e. The van der Waals surface area contributed by atoms with Crippen LogP contribution in [0.4, 0.5) is 0 Å². The maximum atomic E-state index is 9.35. The molecule has 0 aromatic carbocycles.